The Morgan fingerprint density at radius 3 is 2.58 bits per heavy atom. The maximum Gasteiger partial charge on any atom is 0.216 e. The van der Waals surface area contributed by atoms with E-state index in [4.69, 9.17) is 4.74 Å². The van der Waals surface area contributed by atoms with Crippen LogP contribution in [0, 0.1) is 0 Å². The standard InChI is InChI=1S/C21H22N2O3/c1-13(24)16-6-4-5-7-17(16)21-18(10-11-22-14(2)25)19-12-15(26-3)8-9-20(19)23-21/h4-9,12,23H,10-11H2,1-3H3,(H,22,25). The molecule has 3 rings (SSSR count). The van der Waals surface area contributed by atoms with Crippen molar-refractivity contribution >= 4 is 22.6 Å². The van der Waals surface area contributed by atoms with Crippen LogP contribution in [-0.2, 0) is 11.2 Å². The Bertz CT molecular complexity index is 973. The first-order chi connectivity index (χ1) is 12.5. The van der Waals surface area contributed by atoms with Crippen molar-refractivity contribution in [2.75, 3.05) is 13.7 Å². The van der Waals surface area contributed by atoms with Crippen molar-refractivity contribution in [2.24, 2.45) is 0 Å². The molecule has 1 amide bonds. The number of carbonyl (C=O) groups is 2. The first-order valence-corrected chi connectivity index (χ1v) is 8.54. The maximum absolute atomic E-state index is 12.1. The molecule has 0 saturated carbocycles. The molecule has 134 valence electrons. The quantitative estimate of drug-likeness (QED) is 0.666. The third-order valence-electron chi connectivity index (χ3n) is 4.44. The predicted octanol–water partition coefficient (Wildman–Crippen LogP) is 3.72. The molecular formula is C21H22N2O3. The lowest BCUT2D eigenvalue weighted by Crippen LogP contribution is -2.22. The minimum absolute atomic E-state index is 0.0182. The molecule has 0 aliphatic carbocycles. The Kier molecular flexibility index (Phi) is 5.07. The average Bonchev–Trinajstić information content (AvgIpc) is 2.99. The maximum atomic E-state index is 12.1. The summed E-state index contributed by atoms with van der Waals surface area (Å²) < 4.78 is 5.36. The van der Waals surface area contributed by atoms with Crippen molar-refractivity contribution in [1.29, 1.82) is 0 Å². The predicted molar refractivity (Wildman–Crippen MR) is 103 cm³/mol. The number of aromatic nitrogens is 1. The molecule has 1 heterocycles. The molecule has 5 heteroatoms. The first-order valence-electron chi connectivity index (χ1n) is 8.54. The number of benzene rings is 2. The Labute approximate surface area is 152 Å². The normalized spacial score (nSPS) is 10.7. The fourth-order valence-corrected chi connectivity index (χ4v) is 3.22. The molecule has 0 aliphatic rings. The van der Waals surface area contributed by atoms with Crippen molar-refractivity contribution in [2.45, 2.75) is 20.3 Å². The lowest BCUT2D eigenvalue weighted by molar-refractivity contribution is -0.118. The van der Waals surface area contributed by atoms with Gasteiger partial charge in [0.15, 0.2) is 5.78 Å². The Morgan fingerprint density at radius 1 is 1.12 bits per heavy atom. The van der Waals surface area contributed by atoms with E-state index in [0.717, 1.165) is 33.5 Å². The van der Waals surface area contributed by atoms with E-state index in [9.17, 15) is 9.59 Å². The second-order valence-electron chi connectivity index (χ2n) is 6.22. The van der Waals surface area contributed by atoms with E-state index >= 15 is 0 Å². The van der Waals surface area contributed by atoms with E-state index in [1.54, 1.807) is 14.0 Å². The summed E-state index contributed by atoms with van der Waals surface area (Å²) in [5.41, 5.74) is 4.47. The number of aromatic amines is 1. The van der Waals surface area contributed by atoms with Crippen molar-refractivity contribution in [1.82, 2.24) is 10.3 Å². The molecular weight excluding hydrogens is 328 g/mol. The van der Waals surface area contributed by atoms with Gasteiger partial charge in [-0.3, -0.25) is 9.59 Å². The third kappa shape index (κ3) is 3.47. The van der Waals surface area contributed by atoms with E-state index in [2.05, 4.69) is 10.3 Å². The number of Topliss-reactive ketones (excluding diaryl/α,β-unsaturated/α-hetero) is 1. The molecule has 0 atom stereocenters. The lowest BCUT2D eigenvalue weighted by Gasteiger charge is -2.09. The average molecular weight is 350 g/mol. The molecule has 0 spiro atoms. The van der Waals surface area contributed by atoms with Gasteiger partial charge < -0.3 is 15.0 Å². The summed E-state index contributed by atoms with van der Waals surface area (Å²) >= 11 is 0. The number of amides is 1. The topological polar surface area (TPSA) is 71.2 Å². The van der Waals surface area contributed by atoms with Gasteiger partial charge in [0.05, 0.1) is 12.8 Å². The van der Waals surface area contributed by atoms with Crippen LogP contribution in [0.15, 0.2) is 42.5 Å². The van der Waals surface area contributed by atoms with E-state index in [0.29, 0.717) is 18.5 Å². The highest BCUT2D eigenvalue weighted by atomic mass is 16.5. The molecule has 0 radical (unpaired) electrons. The van der Waals surface area contributed by atoms with Crippen molar-refractivity contribution in [3.05, 3.63) is 53.6 Å². The summed E-state index contributed by atoms with van der Waals surface area (Å²) in [6.07, 6.45) is 0.647. The largest absolute Gasteiger partial charge is 0.497 e. The number of hydrogen-bond acceptors (Lipinski definition) is 3. The number of fused-ring (bicyclic) bond motifs is 1. The molecule has 2 aromatic carbocycles. The van der Waals surface area contributed by atoms with E-state index in [1.165, 1.54) is 6.92 Å². The number of hydrogen-bond donors (Lipinski definition) is 2. The summed E-state index contributed by atoms with van der Waals surface area (Å²) in [7, 11) is 1.64. The van der Waals surface area contributed by atoms with Gasteiger partial charge in [0, 0.05) is 35.5 Å². The Hall–Kier alpha value is -3.08. The SMILES string of the molecule is COc1ccc2[nH]c(-c3ccccc3C(C)=O)c(CCNC(C)=O)c2c1. The van der Waals surface area contributed by atoms with Gasteiger partial charge in [0.25, 0.3) is 0 Å². The van der Waals surface area contributed by atoms with Crippen LogP contribution in [0.3, 0.4) is 0 Å². The number of rotatable bonds is 6. The lowest BCUT2D eigenvalue weighted by atomic mass is 9.97. The van der Waals surface area contributed by atoms with Gasteiger partial charge in [0.1, 0.15) is 5.75 Å². The molecule has 2 N–H and O–H groups in total. The van der Waals surface area contributed by atoms with Gasteiger partial charge in [-0.15, -0.1) is 0 Å². The second kappa shape index (κ2) is 7.44. The number of ether oxygens (including phenoxy) is 1. The molecule has 0 bridgehead atoms. The fraction of sp³-hybridized carbons (Fsp3) is 0.238. The first kappa shape index (κ1) is 17.7. The van der Waals surface area contributed by atoms with Crippen LogP contribution in [0.25, 0.3) is 22.2 Å². The summed E-state index contributed by atoms with van der Waals surface area (Å²) in [4.78, 5) is 26.8. The molecule has 5 nitrogen and oxygen atoms in total. The second-order valence-corrected chi connectivity index (χ2v) is 6.22. The van der Waals surface area contributed by atoms with Crippen LogP contribution in [0.1, 0.15) is 29.8 Å². The zero-order valence-electron chi connectivity index (χ0n) is 15.2. The molecule has 3 aromatic rings. The number of carbonyl (C=O) groups excluding carboxylic acids is 2. The van der Waals surface area contributed by atoms with Gasteiger partial charge in [0.2, 0.25) is 5.91 Å². The van der Waals surface area contributed by atoms with Gasteiger partial charge in [-0.05, 0) is 37.1 Å². The number of ketones is 1. The molecule has 0 aliphatic heterocycles. The summed E-state index contributed by atoms with van der Waals surface area (Å²) in [5, 5.41) is 3.87. The van der Waals surface area contributed by atoms with Gasteiger partial charge in [-0.1, -0.05) is 24.3 Å². The smallest absolute Gasteiger partial charge is 0.216 e. The number of H-pyrrole nitrogens is 1. The minimum atomic E-state index is -0.0619. The van der Waals surface area contributed by atoms with Crippen molar-refractivity contribution in [3.63, 3.8) is 0 Å². The summed E-state index contributed by atoms with van der Waals surface area (Å²) in [5.74, 6) is 0.724. The van der Waals surface area contributed by atoms with Crippen LogP contribution in [0.4, 0.5) is 0 Å². The summed E-state index contributed by atoms with van der Waals surface area (Å²) in [6, 6.07) is 13.4. The molecule has 1 aromatic heterocycles. The van der Waals surface area contributed by atoms with Gasteiger partial charge in [-0.25, -0.2) is 0 Å². The van der Waals surface area contributed by atoms with E-state index in [1.807, 2.05) is 42.5 Å². The molecule has 0 unspecified atom stereocenters. The highest BCUT2D eigenvalue weighted by Crippen LogP contribution is 2.34. The van der Waals surface area contributed by atoms with E-state index in [-0.39, 0.29) is 11.7 Å². The zero-order chi connectivity index (χ0) is 18.7. The van der Waals surface area contributed by atoms with Crippen LogP contribution < -0.4 is 10.1 Å². The Morgan fingerprint density at radius 2 is 1.88 bits per heavy atom. The fourth-order valence-electron chi connectivity index (χ4n) is 3.22. The Balaban J connectivity index is 2.17. The highest BCUT2D eigenvalue weighted by molar-refractivity contribution is 6.02. The van der Waals surface area contributed by atoms with Crippen molar-refractivity contribution < 1.29 is 14.3 Å². The third-order valence-corrected chi connectivity index (χ3v) is 4.44. The summed E-state index contributed by atoms with van der Waals surface area (Å²) in [6.45, 7) is 3.60. The van der Waals surface area contributed by atoms with Crippen LogP contribution >= 0.6 is 0 Å². The van der Waals surface area contributed by atoms with Crippen molar-refractivity contribution in [3.8, 4) is 17.0 Å². The van der Waals surface area contributed by atoms with Crippen LogP contribution in [0.2, 0.25) is 0 Å². The monoisotopic (exact) mass is 350 g/mol. The van der Waals surface area contributed by atoms with Crippen LogP contribution in [-0.4, -0.2) is 30.3 Å². The highest BCUT2D eigenvalue weighted by Gasteiger charge is 2.17. The number of nitrogens with one attached hydrogen (secondary N) is 2. The zero-order valence-corrected chi connectivity index (χ0v) is 15.2. The van der Waals surface area contributed by atoms with E-state index < -0.39 is 0 Å². The molecule has 26 heavy (non-hydrogen) atoms. The minimum Gasteiger partial charge on any atom is -0.497 e. The van der Waals surface area contributed by atoms with Gasteiger partial charge >= 0.3 is 0 Å². The van der Waals surface area contributed by atoms with Crippen LogP contribution in [0.5, 0.6) is 5.75 Å². The molecule has 0 saturated heterocycles. The van der Waals surface area contributed by atoms with Gasteiger partial charge in [-0.2, -0.15) is 0 Å². The number of methoxy groups -OCH3 is 1. The molecule has 0 fully saturated rings.